The molecule has 0 saturated carbocycles. The maximum atomic E-state index is 14.5. The van der Waals surface area contributed by atoms with E-state index in [0.717, 1.165) is 10.8 Å². The van der Waals surface area contributed by atoms with Crippen LogP contribution in [0.15, 0.2) is 85.2 Å². The van der Waals surface area contributed by atoms with Gasteiger partial charge in [0.05, 0.1) is 18.3 Å². The SMILES string of the molecule is CON(c1cc2ccccc2cn1)c1cc(-c2ccccc2F)nc2cccnc12. The van der Waals surface area contributed by atoms with Crippen molar-refractivity contribution in [2.75, 3.05) is 12.2 Å². The number of anilines is 2. The number of hydrogen-bond donors (Lipinski definition) is 0. The van der Waals surface area contributed by atoms with Crippen molar-refractivity contribution < 1.29 is 9.23 Å². The molecule has 0 amide bonds. The van der Waals surface area contributed by atoms with E-state index < -0.39 is 0 Å². The number of halogens is 1. The zero-order valence-electron chi connectivity index (χ0n) is 16.2. The van der Waals surface area contributed by atoms with Gasteiger partial charge in [-0.15, -0.1) is 0 Å². The van der Waals surface area contributed by atoms with Crippen LogP contribution in [0.5, 0.6) is 0 Å². The van der Waals surface area contributed by atoms with Crippen LogP contribution in [0.25, 0.3) is 33.1 Å². The topological polar surface area (TPSA) is 51.1 Å². The summed E-state index contributed by atoms with van der Waals surface area (Å²) in [6.45, 7) is 0. The fourth-order valence-corrected chi connectivity index (χ4v) is 3.50. The van der Waals surface area contributed by atoms with E-state index >= 15 is 0 Å². The third kappa shape index (κ3) is 3.13. The molecule has 2 aromatic carbocycles. The van der Waals surface area contributed by atoms with E-state index in [0.29, 0.717) is 33.8 Å². The molecule has 0 N–H and O–H groups in total. The fraction of sp³-hybridized carbons (Fsp3) is 0.0417. The molecule has 0 spiro atoms. The molecule has 146 valence electrons. The first-order chi connectivity index (χ1) is 14.7. The normalized spacial score (nSPS) is 11.1. The van der Waals surface area contributed by atoms with Gasteiger partial charge in [-0.05, 0) is 41.8 Å². The summed E-state index contributed by atoms with van der Waals surface area (Å²) in [4.78, 5) is 19.4. The third-order valence-electron chi connectivity index (χ3n) is 4.92. The van der Waals surface area contributed by atoms with Gasteiger partial charge in [-0.1, -0.05) is 36.4 Å². The second-order valence-electron chi connectivity index (χ2n) is 6.74. The Kier molecular flexibility index (Phi) is 4.53. The van der Waals surface area contributed by atoms with Crippen molar-refractivity contribution in [3.8, 4) is 11.3 Å². The van der Waals surface area contributed by atoms with Crippen LogP contribution in [0.3, 0.4) is 0 Å². The Hall–Kier alpha value is -3.90. The smallest absolute Gasteiger partial charge is 0.158 e. The van der Waals surface area contributed by atoms with Gasteiger partial charge in [0.15, 0.2) is 5.82 Å². The van der Waals surface area contributed by atoms with Crippen molar-refractivity contribution >= 4 is 33.3 Å². The van der Waals surface area contributed by atoms with Crippen LogP contribution < -0.4 is 5.06 Å². The number of pyridine rings is 3. The first-order valence-electron chi connectivity index (χ1n) is 9.44. The predicted molar refractivity (Wildman–Crippen MR) is 116 cm³/mol. The van der Waals surface area contributed by atoms with E-state index in [1.54, 1.807) is 54.9 Å². The van der Waals surface area contributed by atoms with E-state index in [1.165, 1.54) is 6.07 Å². The maximum Gasteiger partial charge on any atom is 0.158 e. The molecule has 0 fully saturated rings. The number of fused-ring (bicyclic) bond motifs is 2. The van der Waals surface area contributed by atoms with Crippen LogP contribution in [0.1, 0.15) is 0 Å². The van der Waals surface area contributed by atoms with Crippen LogP contribution in [0.4, 0.5) is 15.9 Å². The molecule has 0 aliphatic heterocycles. The van der Waals surface area contributed by atoms with Gasteiger partial charge in [0, 0.05) is 23.3 Å². The zero-order chi connectivity index (χ0) is 20.5. The summed E-state index contributed by atoms with van der Waals surface area (Å²) in [5.74, 6) is 0.251. The number of aromatic nitrogens is 3. The van der Waals surface area contributed by atoms with Crippen molar-refractivity contribution in [1.82, 2.24) is 15.0 Å². The Bertz CT molecular complexity index is 1370. The lowest BCUT2D eigenvalue weighted by molar-refractivity contribution is 0.200. The van der Waals surface area contributed by atoms with Crippen molar-refractivity contribution in [3.05, 3.63) is 91.0 Å². The van der Waals surface area contributed by atoms with Crippen molar-refractivity contribution in [1.29, 1.82) is 0 Å². The highest BCUT2D eigenvalue weighted by atomic mass is 19.1. The number of hydrogen-bond acceptors (Lipinski definition) is 5. The lowest BCUT2D eigenvalue weighted by Crippen LogP contribution is -2.17. The van der Waals surface area contributed by atoms with Crippen molar-refractivity contribution in [2.45, 2.75) is 0 Å². The maximum absolute atomic E-state index is 14.5. The van der Waals surface area contributed by atoms with Crippen LogP contribution >= 0.6 is 0 Å². The highest BCUT2D eigenvalue weighted by molar-refractivity contribution is 5.93. The van der Waals surface area contributed by atoms with E-state index in [9.17, 15) is 4.39 Å². The molecule has 6 heteroatoms. The molecule has 0 atom stereocenters. The molecular formula is C24H17FN4O. The van der Waals surface area contributed by atoms with Crippen LogP contribution in [0.2, 0.25) is 0 Å². The van der Waals surface area contributed by atoms with Gasteiger partial charge in [0.1, 0.15) is 17.0 Å². The molecule has 0 radical (unpaired) electrons. The van der Waals surface area contributed by atoms with Gasteiger partial charge < -0.3 is 0 Å². The third-order valence-corrected chi connectivity index (χ3v) is 4.92. The fourth-order valence-electron chi connectivity index (χ4n) is 3.50. The summed E-state index contributed by atoms with van der Waals surface area (Å²) in [6.07, 6.45) is 3.49. The Morgan fingerprint density at radius 2 is 1.67 bits per heavy atom. The average molecular weight is 396 g/mol. The van der Waals surface area contributed by atoms with Crippen LogP contribution in [-0.2, 0) is 4.84 Å². The molecule has 0 saturated heterocycles. The minimum Gasteiger partial charge on any atom is -0.270 e. The Morgan fingerprint density at radius 1 is 0.867 bits per heavy atom. The van der Waals surface area contributed by atoms with E-state index in [1.807, 2.05) is 36.4 Å². The molecule has 30 heavy (non-hydrogen) atoms. The van der Waals surface area contributed by atoms with Crippen LogP contribution in [0, 0.1) is 5.82 Å². The summed E-state index contributed by atoms with van der Waals surface area (Å²) >= 11 is 0. The van der Waals surface area contributed by atoms with Gasteiger partial charge in [-0.2, -0.15) is 0 Å². The summed E-state index contributed by atoms with van der Waals surface area (Å²) in [5, 5.41) is 3.65. The largest absolute Gasteiger partial charge is 0.270 e. The Balaban J connectivity index is 1.73. The van der Waals surface area contributed by atoms with Crippen molar-refractivity contribution in [2.24, 2.45) is 0 Å². The lowest BCUT2D eigenvalue weighted by atomic mass is 10.1. The second-order valence-corrected chi connectivity index (χ2v) is 6.74. The minimum atomic E-state index is -0.341. The molecule has 5 aromatic rings. The number of nitrogens with zero attached hydrogens (tertiary/aromatic N) is 4. The number of benzene rings is 2. The standard InChI is InChI=1S/C24H17FN4O/c1-30-29(23-13-16-7-2-3-8-17(16)15-27-23)22-14-21(18-9-4-5-10-19(18)25)28-20-11-6-12-26-24(20)22/h2-15H,1H3. The summed E-state index contributed by atoms with van der Waals surface area (Å²) in [7, 11) is 1.56. The molecular weight excluding hydrogens is 379 g/mol. The minimum absolute atomic E-state index is 0.341. The molecule has 3 heterocycles. The van der Waals surface area contributed by atoms with E-state index in [-0.39, 0.29) is 5.82 Å². The second kappa shape index (κ2) is 7.50. The van der Waals surface area contributed by atoms with Gasteiger partial charge in [-0.3, -0.25) is 9.82 Å². The molecule has 3 aromatic heterocycles. The summed E-state index contributed by atoms with van der Waals surface area (Å²) in [5.41, 5.74) is 2.80. The summed E-state index contributed by atoms with van der Waals surface area (Å²) in [6, 6.07) is 21.9. The molecule has 5 rings (SSSR count). The molecule has 0 aliphatic rings. The molecule has 0 bridgehead atoms. The molecule has 0 aliphatic carbocycles. The van der Waals surface area contributed by atoms with E-state index in [4.69, 9.17) is 4.84 Å². The van der Waals surface area contributed by atoms with Gasteiger partial charge in [0.25, 0.3) is 0 Å². The molecule has 5 nitrogen and oxygen atoms in total. The predicted octanol–water partition coefficient (Wildman–Crippen LogP) is 5.68. The Morgan fingerprint density at radius 3 is 2.50 bits per heavy atom. The van der Waals surface area contributed by atoms with Gasteiger partial charge >= 0.3 is 0 Å². The first-order valence-corrected chi connectivity index (χ1v) is 9.44. The highest BCUT2D eigenvalue weighted by Crippen LogP contribution is 2.34. The summed E-state index contributed by atoms with van der Waals surface area (Å²) < 4.78 is 14.5. The average Bonchev–Trinajstić information content (AvgIpc) is 2.79. The first kappa shape index (κ1) is 18.1. The zero-order valence-corrected chi connectivity index (χ0v) is 16.2. The number of rotatable bonds is 4. The molecule has 0 unspecified atom stereocenters. The van der Waals surface area contributed by atoms with E-state index in [2.05, 4.69) is 15.0 Å². The monoisotopic (exact) mass is 396 g/mol. The van der Waals surface area contributed by atoms with Gasteiger partial charge in [-0.25, -0.2) is 19.4 Å². The van der Waals surface area contributed by atoms with Gasteiger partial charge in [0.2, 0.25) is 0 Å². The Labute approximate surface area is 172 Å². The lowest BCUT2D eigenvalue weighted by Gasteiger charge is -2.22. The van der Waals surface area contributed by atoms with Crippen molar-refractivity contribution in [3.63, 3.8) is 0 Å². The quantitative estimate of drug-likeness (QED) is 0.366. The highest BCUT2D eigenvalue weighted by Gasteiger charge is 2.19. The van der Waals surface area contributed by atoms with Crippen LogP contribution in [-0.4, -0.2) is 22.1 Å².